The highest BCUT2D eigenvalue weighted by atomic mass is 16.1. The molecule has 1 aromatic rings. The lowest BCUT2D eigenvalue weighted by Crippen LogP contribution is -2.12. The number of hydrazone groups is 1. The predicted octanol–water partition coefficient (Wildman–Crippen LogP) is -0.001000. The van der Waals surface area contributed by atoms with Gasteiger partial charge in [0, 0.05) is 26.8 Å². The van der Waals surface area contributed by atoms with E-state index in [2.05, 4.69) is 10.2 Å². The van der Waals surface area contributed by atoms with Gasteiger partial charge in [0.15, 0.2) is 0 Å². The summed E-state index contributed by atoms with van der Waals surface area (Å²) < 4.78 is 1.61. The van der Waals surface area contributed by atoms with Gasteiger partial charge in [0.25, 0.3) is 5.56 Å². The zero-order valence-electron chi connectivity index (χ0n) is 8.11. The topological polar surface area (TPSA) is 53.4 Å². The molecule has 5 heteroatoms. The summed E-state index contributed by atoms with van der Waals surface area (Å²) >= 11 is 0. The largest absolute Gasteiger partial charge is 0.300 e. The van der Waals surface area contributed by atoms with Gasteiger partial charge < -0.3 is 5.01 Å². The Morgan fingerprint density at radius 1 is 1.77 bits per heavy atom. The molecule has 0 aromatic carbocycles. The standard InChI is InChI=1S/C8H14N4O/c1-4-11(2)9-5-7-6-12(3)10-8(7)13/h5-6H,4H2,1-3H3,(H,10,13)/b9-5+. The highest BCUT2D eigenvalue weighted by molar-refractivity contribution is 5.78. The van der Waals surface area contributed by atoms with E-state index in [0.717, 1.165) is 6.54 Å². The van der Waals surface area contributed by atoms with Crippen molar-refractivity contribution in [3.8, 4) is 0 Å². The quantitative estimate of drug-likeness (QED) is 0.528. The summed E-state index contributed by atoms with van der Waals surface area (Å²) in [6.45, 7) is 2.81. The molecule has 0 amide bonds. The third kappa shape index (κ3) is 2.47. The maximum atomic E-state index is 11.2. The first-order valence-electron chi connectivity index (χ1n) is 4.14. The van der Waals surface area contributed by atoms with Gasteiger partial charge >= 0.3 is 0 Å². The zero-order valence-corrected chi connectivity index (χ0v) is 8.11. The average molecular weight is 182 g/mol. The summed E-state index contributed by atoms with van der Waals surface area (Å²) in [7, 11) is 3.62. The summed E-state index contributed by atoms with van der Waals surface area (Å²) in [5.41, 5.74) is 0.457. The molecule has 0 aliphatic heterocycles. The summed E-state index contributed by atoms with van der Waals surface area (Å²) in [6, 6.07) is 0. The van der Waals surface area contributed by atoms with E-state index in [1.165, 1.54) is 0 Å². The molecule has 0 aliphatic carbocycles. The molecule has 0 saturated heterocycles. The Hall–Kier alpha value is -1.52. The first-order chi connectivity index (χ1) is 6.13. The van der Waals surface area contributed by atoms with Crippen molar-refractivity contribution in [1.82, 2.24) is 14.8 Å². The Balaban J connectivity index is 2.79. The molecule has 0 spiro atoms. The first kappa shape index (κ1) is 9.57. The van der Waals surface area contributed by atoms with E-state index in [9.17, 15) is 4.79 Å². The first-order valence-corrected chi connectivity index (χ1v) is 4.14. The second kappa shape index (κ2) is 3.93. The number of rotatable bonds is 3. The number of H-pyrrole nitrogens is 1. The minimum atomic E-state index is -0.115. The molecular formula is C8H14N4O. The van der Waals surface area contributed by atoms with E-state index < -0.39 is 0 Å². The lowest BCUT2D eigenvalue weighted by atomic mass is 10.4. The highest BCUT2D eigenvalue weighted by Crippen LogP contribution is 1.86. The summed E-state index contributed by atoms with van der Waals surface area (Å²) in [4.78, 5) is 11.2. The van der Waals surface area contributed by atoms with Crippen LogP contribution < -0.4 is 5.56 Å². The molecule has 0 radical (unpaired) electrons. The van der Waals surface area contributed by atoms with E-state index in [1.54, 1.807) is 29.1 Å². The van der Waals surface area contributed by atoms with Crippen LogP contribution in [-0.4, -0.2) is 34.6 Å². The van der Waals surface area contributed by atoms with Crippen LogP contribution in [0.2, 0.25) is 0 Å². The van der Waals surface area contributed by atoms with Crippen molar-refractivity contribution in [3.05, 3.63) is 22.1 Å². The van der Waals surface area contributed by atoms with Crippen LogP contribution in [0.15, 0.2) is 16.1 Å². The van der Waals surface area contributed by atoms with Gasteiger partial charge in [-0.25, -0.2) is 0 Å². The van der Waals surface area contributed by atoms with Crippen molar-refractivity contribution in [2.24, 2.45) is 12.1 Å². The molecule has 5 nitrogen and oxygen atoms in total. The molecule has 1 rings (SSSR count). The second-order valence-electron chi connectivity index (χ2n) is 2.85. The third-order valence-electron chi connectivity index (χ3n) is 1.72. The van der Waals surface area contributed by atoms with Crippen LogP contribution in [0.3, 0.4) is 0 Å². The molecule has 0 saturated carbocycles. The lowest BCUT2D eigenvalue weighted by molar-refractivity contribution is 0.377. The number of hydrogen-bond donors (Lipinski definition) is 1. The van der Waals surface area contributed by atoms with Crippen molar-refractivity contribution in [2.45, 2.75) is 6.92 Å². The minimum Gasteiger partial charge on any atom is -0.300 e. The Bertz CT molecular complexity index is 349. The molecule has 13 heavy (non-hydrogen) atoms. The molecule has 1 heterocycles. The number of hydrogen-bond acceptors (Lipinski definition) is 3. The number of nitrogens with one attached hydrogen (secondary N) is 1. The van der Waals surface area contributed by atoms with Crippen molar-refractivity contribution in [2.75, 3.05) is 13.6 Å². The summed E-state index contributed by atoms with van der Waals surface area (Å²) in [5.74, 6) is 0. The van der Waals surface area contributed by atoms with Gasteiger partial charge in [-0.05, 0) is 6.92 Å². The van der Waals surface area contributed by atoms with E-state index in [1.807, 2.05) is 14.0 Å². The minimum absolute atomic E-state index is 0.115. The molecule has 0 fully saturated rings. The zero-order chi connectivity index (χ0) is 9.84. The Morgan fingerprint density at radius 3 is 2.92 bits per heavy atom. The van der Waals surface area contributed by atoms with Crippen LogP contribution in [0.5, 0.6) is 0 Å². The third-order valence-corrected chi connectivity index (χ3v) is 1.72. The van der Waals surface area contributed by atoms with E-state index in [4.69, 9.17) is 0 Å². The van der Waals surface area contributed by atoms with Gasteiger partial charge in [0.05, 0.1) is 11.8 Å². The van der Waals surface area contributed by atoms with Gasteiger partial charge in [0.1, 0.15) is 0 Å². The fraction of sp³-hybridized carbons (Fsp3) is 0.500. The monoisotopic (exact) mass is 182 g/mol. The van der Waals surface area contributed by atoms with Crippen LogP contribution in [0.1, 0.15) is 12.5 Å². The molecule has 0 aliphatic rings. The fourth-order valence-corrected chi connectivity index (χ4v) is 0.859. The van der Waals surface area contributed by atoms with Crippen LogP contribution in [0, 0.1) is 0 Å². The Labute approximate surface area is 76.7 Å². The van der Waals surface area contributed by atoms with Crippen molar-refractivity contribution < 1.29 is 0 Å². The number of aryl methyl sites for hydroxylation is 1. The summed E-state index contributed by atoms with van der Waals surface area (Å²) in [6.07, 6.45) is 3.26. The van der Waals surface area contributed by atoms with Crippen LogP contribution in [-0.2, 0) is 7.05 Å². The maximum Gasteiger partial charge on any atom is 0.272 e. The van der Waals surface area contributed by atoms with E-state index >= 15 is 0 Å². The normalized spacial score (nSPS) is 11.0. The number of nitrogens with zero attached hydrogens (tertiary/aromatic N) is 3. The number of aromatic amines is 1. The van der Waals surface area contributed by atoms with Crippen LogP contribution in [0.4, 0.5) is 0 Å². The van der Waals surface area contributed by atoms with Crippen molar-refractivity contribution >= 4 is 6.21 Å². The molecule has 0 bridgehead atoms. The molecule has 1 aromatic heterocycles. The Kier molecular flexibility index (Phi) is 2.89. The fourth-order valence-electron chi connectivity index (χ4n) is 0.859. The van der Waals surface area contributed by atoms with Crippen LogP contribution >= 0.6 is 0 Å². The SMILES string of the molecule is CCN(C)/N=C/c1cn(C)[nH]c1=O. The van der Waals surface area contributed by atoms with Gasteiger partial charge in [-0.1, -0.05) is 0 Å². The molecule has 1 N–H and O–H groups in total. The summed E-state index contributed by atoms with van der Waals surface area (Å²) in [5, 5.41) is 8.42. The maximum absolute atomic E-state index is 11.2. The van der Waals surface area contributed by atoms with E-state index in [0.29, 0.717) is 5.56 Å². The van der Waals surface area contributed by atoms with Crippen LogP contribution in [0.25, 0.3) is 0 Å². The average Bonchev–Trinajstić information content (AvgIpc) is 2.41. The molecular weight excluding hydrogens is 168 g/mol. The molecule has 72 valence electrons. The van der Waals surface area contributed by atoms with Gasteiger partial charge in [-0.15, -0.1) is 0 Å². The lowest BCUT2D eigenvalue weighted by Gasteiger charge is -2.06. The predicted molar refractivity (Wildman–Crippen MR) is 51.9 cm³/mol. The van der Waals surface area contributed by atoms with Gasteiger partial charge in [-0.2, -0.15) is 5.10 Å². The number of aromatic nitrogens is 2. The van der Waals surface area contributed by atoms with Crippen molar-refractivity contribution in [3.63, 3.8) is 0 Å². The molecule has 0 unspecified atom stereocenters. The van der Waals surface area contributed by atoms with Gasteiger partial charge in [0.2, 0.25) is 0 Å². The Morgan fingerprint density at radius 2 is 2.46 bits per heavy atom. The smallest absolute Gasteiger partial charge is 0.272 e. The second-order valence-corrected chi connectivity index (χ2v) is 2.85. The van der Waals surface area contributed by atoms with E-state index in [-0.39, 0.29) is 5.56 Å². The highest BCUT2D eigenvalue weighted by Gasteiger charge is 1.97. The van der Waals surface area contributed by atoms with Crippen molar-refractivity contribution in [1.29, 1.82) is 0 Å². The van der Waals surface area contributed by atoms with Gasteiger partial charge in [-0.3, -0.25) is 14.6 Å². The molecule has 0 atom stereocenters.